The van der Waals surface area contributed by atoms with Crippen molar-refractivity contribution in [1.29, 1.82) is 0 Å². The van der Waals surface area contributed by atoms with Crippen molar-refractivity contribution in [3.05, 3.63) is 23.8 Å². The van der Waals surface area contributed by atoms with Gasteiger partial charge in [-0.05, 0) is 17.7 Å². The van der Waals surface area contributed by atoms with Crippen LogP contribution in [0.2, 0.25) is 0 Å². The number of carboxylic acid groups (broad SMARTS) is 1. The van der Waals surface area contributed by atoms with Gasteiger partial charge in [0.1, 0.15) is 18.2 Å². The molecule has 1 aromatic carbocycles. The Balaban J connectivity index is 1.79. The van der Waals surface area contributed by atoms with Gasteiger partial charge in [-0.1, -0.05) is 6.07 Å². The van der Waals surface area contributed by atoms with Gasteiger partial charge in [-0.2, -0.15) is 0 Å². The molecule has 2 aliphatic rings. The zero-order chi connectivity index (χ0) is 16.7. The molecule has 1 aromatic rings. The number of ketones is 1. The van der Waals surface area contributed by atoms with Crippen molar-refractivity contribution >= 4 is 17.8 Å². The average Bonchev–Trinajstić information content (AvgIpc) is 2.86. The lowest BCUT2D eigenvalue weighted by Gasteiger charge is -2.45. The molecule has 23 heavy (non-hydrogen) atoms. The molecule has 8 nitrogen and oxygen atoms in total. The van der Waals surface area contributed by atoms with Crippen LogP contribution in [-0.4, -0.2) is 60.4 Å². The highest BCUT2D eigenvalue weighted by molar-refractivity contribution is 6.08. The molecule has 0 saturated carbocycles. The quantitative estimate of drug-likeness (QED) is 0.661. The normalized spacial score (nSPS) is 22.7. The summed E-state index contributed by atoms with van der Waals surface area (Å²) in [5.41, 5.74) is 0.758. The topological polar surface area (TPSA) is 99.2 Å². The summed E-state index contributed by atoms with van der Waals surface area (Å²) in [4.78, 5) is 37.2. The van der Waals surface area contributed by atoms with E-state index in [-0.39, 0.29) is 24.8 Å². The largest absolute Gasteiger partial charge is 0.530 e. The molecule has 0 radical (unpaired) electrons. The van der Waals surface area contributed by atoms with Crippen LogP contribution < -0.4 is 14.6 Å². The smallest absolute Gasteiger partial charge is 0.248 e. The highest BCUT2D eigenvalue weighted by atomic mass is 16.5. The fourth-order valence-corrected chi connectivity index (χ4v) is 3.07. The number of amides is 2. The van der Waals surface area contributed by atoms with Crippen molar-refractivity contribution < 1.29 is 29.0 Å². The first-order valence-electron chi connectivity index (χ1n) is 6.99. The van der Waals surface area contributed by atoms with Crippen LogP contribution in [-0.2, 0) is 16.1 Å². The third-order valence-electron chi connectivity index (χ3n) is 4.20. The van der Waals surface area contributed by atoms with Gasteiger partial charge in [0.15, 0.2) is 17.3 Å². The number of nitrogens with zero attached hydrogens (tertiary/aromatic N) is 2. The van der Waals surface area contributed by atoms with Crippen molar-refractivity contribution in [3.8, 4) is 11.5 Å². The highest BCUT2D eigenvalue weighted by Crippen LogP contribution is 2.34. The number of Topliss-reactive ketones (excluding diaryl/α,β-unsaturated/α-hetero) is 1. The molecule has 122 valence electrons. The maximum atomic E-state index is 12.2. The lowest BCUT2D eigenvalue weighted by atomic mass is 9.94. The Labute approximate surface area is 132 Å². The number of carbonyl (C=O) groups excluding carboxylic acids is 3. The predicted molar refractivity (Wildman–Crippen MR) is 74.8 cm³/mol. The van der Waals surface area contributed by atoms with Crippen molar-refractivity contribution in [2.45, 2.75) is 18.6 Å². The van der Waals surface area contributed by atoms with Crippen LogP contribution >= 0.6 is 0 Å². The number of methoxy groups -OCH3 is 2. The zero-order valence-corrected chi connectivity index (χ0v) is 12.6. The van der Waals surface area contributed by atoms with E-state index in [0.29, 0.717) is 11.5 Å². The molecule has 2 fully saturated rings. The molecule has 2 saturated heterocycles. The van der Waals surface area contributed by atoms with Gasteiger partial charge in [-0.15, -0.1) is 0 Å². The van der Waals surface area contributed by atoms with Crippen LogP contribution in [0.25, 0.3) is 0 Å². The molecular formula is C15H15N2O6-. The monoisotopic (exact) mass is 319 g/mol. The number of fused-ring (bicyclic) bond motifs is 1. The van der Waals surface area contributed by atoms with Gasteiger partial charge in [0.05, 0.1) is 20.8 Å². The molecule has 8 heteroatoms. The van der Waals surface area contributed by atoms with E-state index >= 15 is 0 Å². The van der Waals surface area contributed by atoms with Crippen molar-refractivity contribution in [1.82, 2.24) is 9.80 Å². The Morgan fingerprint density at radius 2 is 1.91 bits per heavy atom. The summed E-state index contributed by atoms with van der Waals surface area (Å²) in [6.07, 6.45) is -1.50. The lowest BCUT2D eigenvalue weighted by molar-refractivity contribution is -0.268. The van der Waals surface area contributed by atoms with E-state index in [9.17, 15) is 19.5 Å². The predicted octanol–water partition coefficient (Wildman–Crippen LogP) is -0.989. The Kier molecular flexibility index (Phi) is 3.59. The maximum Gasteiger partial charge on any atom is 0.248 e. The standard InChI is InChI=1S/C15H16N2O6/c1-22-10-4-3-8(5-11(10)23-2)6-16-12-9(18)7-17(15(20)21)13(12)14(16)19/h3-5,12-13H,6-7H2,1-2H3,(H,20,21)/p-1/t12-,13+/m1/s1. The molecular weight excluding hydrogens is 304 g/mol. The molecule has 0 spiro atoms. The molecule has 2 atom stereocenters. The zero-order valence-electron chi connectivity index (χ0n) is 12.6. The molecule has 3 rings (SSSR count). The van der Waals surface area contributed by atoms with Crippen molar-refractivity contribution in [2.75, 3.05) is 20.8 Å². The lowest BCUT2D eigenvalue weighted by Crippen LogP contribution is -2.68. The van der Waals surface area contributed by atoms with Crippen molar-refractivity contribution in [3.63, 3.8) is 0 Å². The van der Waals surface area contributed by atoms with E-state index in [2.05, 4.69) is 0 Å². The molecule has 2 heterocycles. The summed E-state index contributed by atoms with van der Waals surface area (Å²) in [6, 6.07) is 3.52. The van der Waals surface area contributed by atoms with E-state index in [4.69, 9.17) is 9.47 Å². The molecule has 2 amide bonds. The average molecular weight is 319 g/mol. The van der Waals surface area contributed by atoms with E-state index in [1.165, 1.54) is 19.1 Å². The van der Waals surface area contributed by atoms with Gasteiger partial charge < -0.3 is 29.2 Å². The molecule has 0 unspecified atom stereocenters. The van der Waals surface area contributed by atoms with Gasteiger partial charge in [0.2, 0.25) is 5.91 Å². The SMILES string of the molecule is COc1ccc(CN2C(=O)[C@@H]3[C@H]2C(=O)CN3C(=O)[O-])cc1OC. The van der Waals surface area contributed by atoms with Crippen LogP contribution in [0.5, 0.6) is 11.5 Å². The van der Waals surface area contributed by atoms with Crippen molar-refractivity contribution in [2.24, 2.45) is 0 Å². The van der Waals surface area contributed by atoms with E-state index in [1.54, 1.807) is 18.2 Å². The fraction of sp³-hybridized carbons (Fsp3) is 0.400. The Hall–Kier alpha value is -2.77. The first kappa shape index (κ1) is 15.1. The third kappa shape index (κ3) is 2.26. The van der Waals surface area contributed by atoms with Crippen LogP contribution in [0.4, 0.5) is 4.79 Å². The number of hydrogen-bond donors (Lipinski definition) is 0. The second-order valence-corrected chi connectivity index (χ2v) is 5.41. The minimum absolute atomic E-state index is 0.201. The summed E-state index contributed by atoms with van der Waals surface area (Å²) in [5, 5.41) is 11.0. The van der Waals surface area contributed by atoms with Gasteiger partial charge >= 0.3 is 0 Å². The van der Waals surface area contributed by atoms with Gasteiger partial charge in [-0.3, -0.25) is 9.59 Å². The van der Waals surface area contributed by atoms with Gasteiger partial charge in [0, 0.05) is 6.54 Å². The summed E-state index contributed by atoms with van der Waals surface area (Å²) in [7, 11) is 3.03. The second-order valence-electron chi connectivity index (χ2n) is 5.41. The molecule has 0 bridgehead atoms. The number of likely N-dealkylation sites (tertiary alicyclic amines) is 2. The van der Waals surface area contributed by atoms with Crippen LogP contribution in [0, 0.1) is 0 Å². The number of carbonyl (C=O) groups is 3. The number of hydrogen-bond acceptors (Lipinski definition) is 6. The minimum atomic E-state index is -1.50. The summed E-state index contributed by atoms with van der Waals surface area (Å²) < 4.78 is 10.3. The van der Waals surface area contributed by atoms with Gasteiger partial charge in [0.25, 0.3) is 0 Å². The van der Waals surface area contributed by atoms with Crippen LogP contribution in [0.1, 0.15) is 5.56 Å². The molecule has 2 aliphatic heterocycles. The van der Waals surface area contributed by atoms with Crippen LogP contribution in [0.15, 0.2) is 18.2 Å². The van der Waals surface area contributed by atoms with Gasteiger partial charge in [-0.25, -0.2) is 0 Å². The molecule has 0 N–H and O–H groups in total. The number of benzene rings is 1. The highest BCUT2D eigenvalue weighted by Gasteiger charge is 2.58. The summed E-state index contributed by atoms with van der Waals surface area (Å²) >= 11 is 0. The Bertz CT molecular complexity index is 689. The minimum Gasteiger partial charge on any atom is -0.530 e. The number of rotatable bonds is 4. The first-order chi connectivity index (χ1) is 11.0. The summed E-state index contributed by atoms with van der Waals surface area (Å²) in [6.45, 7) is -0.0984. The van der Waals surface area contributed by atoms with Crippen LogP contribution in [0.3, 0.4) is 0 Å². The van der Waals surface area contributed by atoms with E-state index < -0.39 is 18.2 Å². The maximum absolute atomic E-state index is 12.2. The molecule has 0 aromatic heterocycles. The molecule has 0 aliphatic carbocycles. The number of ether oxygens (including phenoxy) is 2. The van der Waals surface area contributed by atoms with E-state index in [0.717, 1.165) is 10.5 Å². The van der Waals surface area contributed by atoms with E-state index in [1.807, 2.05) is 0 Å². The fourth-order valence-electron chi connectivity index (χ4n) is 3.07. The number of β-lactam (4-membered cyclic amide) rings is 1. The third-order valence-corrected chi connectivity index (χ3v) is 4.20. The summed E-state index contributed by atoms with van der Waals surface area (Å²) in [5.74, 6) is 0.395. The second kappa shape index (κ2) is 5.45. The Morgan fingerprint density at radius 1 is 1.22 bits per heavy atom. The first-order valence-corrected chi connectivity index (χ1v) is 6.99. The Morgan fingerprint density at radius 3 is 2.52 bits per heavy atom.